The average molecular weight is 231 g/mol. The van der Waals surface area contributed by atoms with Gasteiger partial charge in [0.25, 0.3) is 0 Å². The molecule has 0 spiro atoms. The minimum Gasteiger partial charge on any atom is -0.298 e. The molecule has 17 heavy (non-hydrogen) atoms. The highest BCUT2D eigenvalue weighted by atomic mass is 15.3. The summed E-state index contributed by atoms with van der Waals surface area (Å²) in [6, 6.07) is 5.76. The summed E-state index contributed by atoms with van der Waals surface area (Å²) in [5.74, 6) is 0. The second kappa shape index (κ2) is 4.75. The lowest BCUT2D eigenvalue weighted by molar-refractivity contribution is 0.0540. The Kier molecular flexibility index (Phi) is 3.12. The van der Waals surface area contributed by atoms with Crippen LogP contribution >= 0.6 is 0 Å². The van der Waals surface area contributed by atoms with Crippen LogP contribution in [0.1, 0.15) is 25.3 Å². The van der Waals surface area contributed by atoms with Crippen molar-refractivity contribution in [2.24, 2.45) is 0 Å². The molecule has 2 unspecified atom stereocenters. The maximum atomic E-state index is 4.08. The molecule has 0 aliphatic carbocycles. The highest BCUT2D eigenvalue weighted by molar-refractivity contribution is 5.10. The van der Waals surface area contributed by atoms with Crippen molar-refractivity contribution in [1.29, 1.82) is 0 Å². The SMILES string of the molecule is CC1CN2CCCC2CN1Cc1ccncc1. The van der Waals surface area contributed by atoms with Crippen LogP contribution in [0, 0.1) is 0 Å². The van der Waals surface area contributed by atoms with Gasteiger partial charge in [0.2, 0.25) is 0 Å². The fourth-order valence-corrected chi connectivity index (χ4v) is 3.19. The van der Waals surface area contributed by atoms with Crippen LogP contribution in [0.5, 0.6) is 0 Å². The molecule has 1 aromatic heterocycles. The summed E-state index contributed by atoms with van der Waals surface area (Å²) in [6.07, 6.45) is 6.57. The lowest BCUT2D eigenvalue weighted by Crippen LogP contribution is -2.54. The summed E-state index contributed by atoms with van der Waals surface area (Å²) in [6.45, 7) is 7.24. The predicted octanol–water partition coefficient (Wildman–Crippen LogP) is 1.75. The summed E-state index contributed by atoms with van der Waals surface area (Å²) >= 11 is 0. The van der Waals surface area contributed by atoms with E-state index in [0.29, 0.717) is 6.04 Å². The number of rotatable bonds is 2. The summed E-state index contributed by atoms with van der Waals surface area (Å²) in [7, 11) is 0. The normalized spacial score (nSPS) is 30.4. The molecule has 0 aromatic carbocycles. The molecule has 2 atom stereocenters. The van der Waals surface area contributed by atoms with Crippen molar-refractivity contribution in [3.05, 3.63) is 30.1 Å². The highest BCUT2D eigenvalue weighted by Crippen LogP contribution is 2.25. The zero-order valence-corrected chi connectivity index (χ0v) is 10.5. The molecule has 3 nitrogen and oxygen atoms in total. The number of aromatic nitrogens is 1. The first-order valence-corrected chi connectivity index (χ1v) is 6.70. The number of fused-ring (bicyclic) bond motifs is 1. The van der Waals surface area contributed by atoms with Crippen molar-refractivity contribution in [3.63, 3.8) is 0 Å². The number of hydrogen-bond acceptors (Lipinski definition) is 3. The van der Waals surface area contributed by atoms with E-state index in [9.17, 15) is 0 Å². The van der Waals surface area contributed by atoms with Crippen molar-refractivity contribution in [3.8, 4) is 0 Å². The van der Waals surface area contributed by atoms with E-state index in [2.05, 4.69) is 33.8 Å². The summed E-state index contributed by atoms with van der Waals surface area (Å²) in [5.41, 5.74) is 1.39. The van der Waals surface area contributed by atoms with Crippen molar-refractivity contribution in [1.82, 2.24) is 14.8 Å². The Morgan fingerprint density at radius 1 is 1.29 bits per heavy atom. The molecule has 0 N–H and O–H groups in total. The maximum absolute atomic E-state index is 4.08. The molecule has 3 rings (SSSR count). The molecular weight excluding hydrogens is 210 g/mol. The Morgan fingerprint density at radius 3 is 2.94 bits per heavy atom. The standard InChI is InChI=1S/C14H21N3/c1-12-9-16-8-2-3-14(16)11-17(12)10-13-4-6-15-7-5-13/h4-7,12,14H,2-3,8-11H2,1H3. The Hall–Kier alpha value is -0.930. The van der Waals surface area contributed by atoms with Crippen LogP contribution in [0.15, 0.2) is 24.5 Å². The molecule has 2 saturated heterocycles. The lowest BCUT2D eigenvalue weighted by atomic mass is 10.1. The molecule has 0 radical (unpaired) electrons. The summed E-state index contributed by atoms with van der Waals surface area (Å²) in [4.78, 5) is 9.39. The van der Waals surface area contributed by atoms with Gasteiger partial charge in [-0.15, -0.1) is 0 Å². The minimum atomic E-state index is 0.678. The van der Waals surface area contributed by atoms with Crippen molar-refractivity contribution in [2.75, 3.05) is 19.6 Å². The van der Waals surface area contributed by atoms with Crippen LogP contribution in [0.4, 0.5) is 0 Å². The smallest absolute Gasteiger partial charge is 0.0271 e. The monoisotopic (exact) mass is 231 g/mol. The van der Waals surface area contributed by atoms with Gasteiger partial charge in [0.15, 0.2) is 0 Å². The first kappa shape index (κ1) is 11.2. The third-order valence-corrected chi connectivity index (χ3v) is 4.20. The highest BCUT2D eigenvalue weighted by Gasteiger charge is 2.33. The van der Waals surface area contributed by atoms with Crippen LogP contribution in [0.2, 0.25) is 0 Å². The van der Waals surface area contributed by atoms with Crippen LogP contribution in [-0.2, 0) is 6.54 Å². The molecule has 2 aliphatic rings. The van der Waals surface area contributed by atoms with Gasteiger partial charge >= 0.3 is 0 Å². The zero-order valence-electron chi connectivity index (χ0n) is 10.5. The van der Waals surface area contributed by atoms with E-state index in [-0.39, 0.29) is 0 Å². The Labute approximate surface area is 103 Å². The number of pyridine rings is 1. The van der Waals surface area contributed by atoms with Crippen LogP contribution in [-0.4, -0.2) is 46.5 Å². The van der Waals surface area contributed by atoms with E-state index < -0.39 is 0 Å². The topological polar surface area (TPSA) is 19.4 Å². The van der Waals surface area contributed by atoms with Crippen LogP contribution in [0.25, 0.3) is 0 Å². The fourth-order valence-electron chi connectivity index (χ4n) is 3.19. The second-order valence-electron chi connectivity index (χ2n) is 5.42. The van der Waals surface area contributed by atoms with Gasteiger partial charge in [-0.2, -0.15) is 0 Å². The maximum Gasteiger partial charge on any atom is 0.0271 e. The molecule has 2 fully saturated rings. The van der Waals surface area contributed by atoms with Crippen LogP contribution < -0.4 is 0 Å². The van der Waals surface area contributed by atoms with Crippen molar-refractivity contribution < 1.29 is 0 Å². The van der Waals surface area contributed by atoms with Gasteiger partial charge in [0.05, 0.1) is 0 Å². The van der Waals surface area contributed by atoms with E-state index >= 15 is 0 Å². The van der Waals surface area contributed by atoms with Gasteiger partial charge < -0.3 is 0 Å². The first-order chi connectivity index (χ1) is 8.33. The third-order valence-electron chi connectivity index (χ3n) is 4.20. The fraction of sp³-hybridized carbons (Fsp3) is 0.643. The molecule has 0 bridgehead atoms. The largest absolute Gasteiger partial charge is 0.298 e. The summed E-state index contributed by atoms with van der Waals surface area (Å²) < 4.78 is 0. The van der Waals surface area contributed by atoms with E-state index in [4.69, 9.17) is 0 Å². The average Bonchev–Trinajstić information content (AvgIpc) is 2.78. The predicted molar refractivity (Wildman–Crippen MR) is 68.7 cm³/mol. The number of hydrogen-bond donors (Lipinski definition) is 0. The van der Waals surface area contributed by atoms with Crippen LogP contribution in [0.3, 0.4) is 0 Å². The van der Waals surface area contributed by atoms with E-state index in [0.717, 1.165) is 12.6 Å². The molecule has 3 heterocycles. The van der Waals surface area contributed by atoms with E-state index in [1.165, 1.54) is 38.0 Å². The molecule has 2 aliphatic heterocycles. The van der Waals surface area contributed by atoms with E-state index in [1.807, 2.05) is 12.4 Å². The minimum absolute atomic E-state index is 0.678. The Morgan fingerprint density at radius 2 is 2.12 bits per heavy atom. The first-order valence-electron chi connectivity index (χ1n) is 6.70. The molecule has 92 valence electrons. The van der Waals surface area contributed by atoms with Gasteiger partial charge in [-0.1, -0.05) is 0 Å². The Balaban J connectivity index is 1.67. The molecule has 1 aromatic rings. The van der Waals surface area contributed by atoms with Gasteiger partial charge in [-0.3, -0.25) is 14.8 Å². The van der Waals surface area contributed by atoms with Crippen molar-refractivity contribution in [2.45, 2.75) is 38.4 Å². The zero-order chi connectivity index (χ0) is 11.7. The molecule has 3 heteroatoms. The lowest BCUT2D eigenvalue weighted by Gasteiger charge is -2.42. The molecular formula is C14H21N3. The van der Waals surface area contributed by atoms with Gasteiger partial charge in [-0.25, -0.2) is 0 Å². The Bertz CT molecular complexity index is 365. The van der Waals surface area contributed by atoms with Gasteiger partial charge in [0.1, 0.15) is 0 Å². The summed E-state index contributed by atoms with van der Waals surface area (Å²) in [5, 5.41) is 0. The third kappa shape index (κ3) is 2.35. The molecule has 0 saturated carbocycles. The quantitative estimate of drug-likeness (QED) is 0.773. The number of nitrogens with zero attached hydrogens (tertiary/aromatic N) is 3. The molecule has 0 amide bonds. The van der Waals surface area contributed by atoms with Gasteiger partial charge in [-0.05, 0) is 44.0 Å². The van der Waals surface area contributed by atoms with Gasteiger partial charge in [0, 0.05) is 44.1 Å². The number of piperazine rings is 1. The second-order valence-corrected chi connectivity index (χ2v) is 5.42. The van der Waals surface area contributed by atoms with Crippen molar-refractivity contribution >= 4 is 0 Å². The van der Waals surface area contributed by atoms with E-state index in [1.54, 1.807) is 0 Å².